The first-order valence-electron chi connectivity index (χ1n) is 4.43. The fourth-order valence-electron chi connectivity index (χ4n) is 0.714. The molecule has 1 aromatic heterocycles. The Labute approximate surface area is 126 Å². The van der Waals surface area contributed by atoms with Crippen molar-refractivity contribution in [2.75, 3.05) is 12.3 Å². The van der Waals surface area contributed by atoms with Gasteiger partial charge in [0.05, 0.1) is 0 Å². The number of rotatable bonds is 5. The Morgan fingerprint density at radius 1 is 1.50 bits per heavy atom. The van der Waals surface area contributed by atoms with Crippen molar-refractivity contribution in [3.63, 3.8) is 0 Å². The van der Waals surface area contributed by atoms with E-state index < -0.39 is 5.24 Å². The SMILES string of the molecule is C.NC(=O)S.O=C(S)NCCSCc1nccs1. The Morgan fingerprint density at radius 3 is 2.56 bits per heavy atom. The van der Waals surface area contributed by atoms with E-state index in [9.17, 15) is 4.79 Å². The summed E-state index contributed by atoms with van der Waals surface area (Å²) in [6.45, 7) is 0.665. The van der Waals surface area contributed by atoms with Gasteiger partial charge in [0.25, 0.3) is 10.5 Å². The maximum atomic E-state index is 10.4. The van der Waals surface area contributed by atoms with Crippen molar-refractivity contribution < 1.29 is 9.59 Å². The van der Waals surface area contributed by atoms with Crippen LogP contribution in [0.4, 0.5) is 9.59 Å². The molecule has 0 aliphatic carbocycles. The molecule has 0 spiro atoms. The van der Waals surface area contributed by atoms with Crippen LogP contribution in [0, 0.1) is 0 Å². The average molecular weight is 328 g/mol. The Balaban J connectivity index is 0. The van der Waals surface area contributed by atoms with Crippen LogP contribution < -0.4 is 11.1 Å². The van der Waals surface area contributed by atoms with Gasteiger partial charge in [-0.25, -0.2) is 4.98 Å². The molecular weight excluding hydrogens is 310 g/mol. The number of primary amides is 1. The van der Waals surface area contributed by atoms with Crippen LogP contribution in [0.5, 0.6) is 0 Å². The minimum Gasteiger partial charge on any atom is -0.361 e. The molecule has 1 heterocycles. The molecule has 2 amide bonds. The van der Waals surface area contributed by atoms with Crippen LogP contribution in [0.25, 0.3) is 0 Å². The van der Waals surface area contributed by atoms with E-state index in [1.165, 1.54) is 0 Å². The van der Waals surface area contributed by atoms with Gasteiger partial charge in [0.15, 0.2) is 0 Å². The fraction of sp³-hybridized carbons (Fsp3) is 0.444. The van der Waals surface area contributed by atoms with E-state index in [1.807, 2.05) is 5.38 Å². The summed E-state index contributed by atoms with van der Waals surface area (Å²) in [5.74, 6) is 1.81. The minimum atomic E-state index is -0.639. The van der Waals surface area contributed by atoms with Gasteiger partial charge in [0.1, 0.15) is 5.01 Å². The maximum Gasteiger partial charge on any atom is 0.276 e. The topological polar surface area (TPSA) is 85.1 Å². The van der Waals surface area contributed by atoms with Crippen LogP contribution in [0.3, 0.4) is 0 Å². The van der Waals surface area contributed by atoms with E-state index in [0.29, 0.717) is 6.54 Å². The second-order valence-corrected chi connectivity index (χ2v) is 5.48. The molecule has 18 heavy (non-hydrogen) atoms. The Morgan fingerprint density at radius 2 is 2.11 bits per heavy atom. The second-order valence-electron chi connectivity index (χ2n) is 2.55. The number of thiol groups is 2. The summed E-state index contributed by atoms with van der Waals surface area (Å²) >= 11 is 10.1. The molecule has 0 fully saturated rings. The zero-order valence-corrected chi connectivity index (χ0v) is 12.2. The highest BCUT2D eigenvalue weighted by atomic mass is 32.2. The Hall–Kier alpha value is -0.380. The number of aromatic nitrogens is 1. The van der Waals surface area contributed by atoms with E-state index in [-0.39, 0.29) is 12.7 Å². The van der Waals surface area contributed by atoms with Crippen LogP contribution in [-0.2, 0) is 5.75 Å². The summed E-state index contributed by atoms with van der Waals surface area (Å²) in [6, 6.07) is 0. The van der Waals surface area contributed by atoms with Crippen molar-refractivity contribution in [1.29, 1.82) is 0 Å². The molecule has 0 atom stereocenters. The molecule has 0 saturated heterocycles. The molecule has 0 aliphatic heterocycles. The summed E-state index contributed by atoms with van der Waals surface area (Å²) in [5.41, 5.74) is 4.34. The number of nitrogens with one attached hydrogen (secondary N) is 1. The monoisotopic (exact) mass is 327 g/mol. The lowest BCUT2D eigenvalue weighted by molar-refractivity contribution is 0.261. The van der Waals surface area contributed by atoms with Gasteiger partial charge in [-0.2, -0.15) is 11.8 Å². The number of hydrogen-bond acceptors (Lipinski definition) is 5. The van der Waals surface area contributed by atoms with E-state index >= 15 is 0 Å². The highest BCUT2D eigenvalue weighted by molar-refractivity contribution is 7.98. The van der Waals surface area contributed by atoms with Crippen molar-refractivity contribution in [2.45, 2.75) is 13.2 Å². The molecule has 5 nitrogen and oxygen atoms in total. The largest absolute Gasteiger partial charge is 0.361 e. The molecule has 104 valence electrons. The molecule has 0 aromatic carbocycles. The number of nitrogens with zero attached hydrogens (tertiary/aromatic N) is 1. The van der Waals surface area contributed by atoms with Crippen molar-refractivity contribution in [3.05, 3.63) is 16.6 Å². The van der Waals surface area contributed by atoms with E-state index in [1.54, 1.807) is 29.3 Å². The van der Waals surface area contributed by atoms with E-state index in [4.69, 9.17) is 4.79 Å². The van der Waals surface area contributed by atoms with Crippen LogP contribution >= 0.6 is 48.4 Å². The number of thiazole rings is 1. The molecule has 3 N–H and O–H groups in total. The third-order valence-electron chi connectivity index (χ3n) is 1.23. The van der Waals surface area contributed by atoms with Gasteiger partial charge in [-0.05, 0) is 0 Å². The van der Waals surface area contributed by atoms with Gasteiger partial charge in [-0.1, -0.05) is 32.7 Å². The first kappa shape index (κ1) is 19.9. The van der Waals surface area contributed by atoms with Gasteiger partial charge < -0.3 is 11.1 Å². The van der Waals surface area contributed by atoms with Gasteiger partial charge in [-0.15, -0.1) is 11.3 Å². The number of nitrogens with two attached hydrogens (primary N) is 1. The zero-order valence-electron chi connectivity index (χ0n) is 8.83. The van der Waals surface area contributed by atoms with Crippen molar-refractivity contribution >= 4 is 58.8 Å². The summed E-state index contributed by atoms with van der Waals surface area (Å²) in [5, 5.41) is 4.80. The predicted octanol–water partition coefficient (Wildman–Crippen LogP) is 2.65. The summed E-state index contributed by atoms with van der Waals surface area (Å²) in [7, 11) is 0. The molecule has 0 saturated carbocycles. The van der Waals surface area contributed by atoms with Gasteiger partial charge in [-0.3, -0.25) is 9.59 Å². The molecule has 1 rings (SSSR count). The van der Waals surface area contributed by atoms with Crippen LogP contribution in [-0.4, -0.2) is 27.8 Å². The quantitative estimate of drug-likeness (QED) is 0.495. The number of thioether (sulfide) groups is 1. The smallest absolute Gasteiger partial charge is 0.276 e. The standard InChI is InChI=1S/C7H10N2OS3.CH3NOS.CH4/c10-7(11)9-1-3-12-5-6-8-2-4-13-6;2-1(3)4;/h2,4H,1,3,5H2,(H2,9,10,11);(H3,2,3,4);1H4. The molecule has 0 unspecified atom stereocenters. The molecule has 0 radical (unpaired) electrons. The third-order valence-corrected chi connectivity index (χ3v) is 3.32. The highest BCUT2D eigenvalue weighted by Crippen LogP contribution is 2.13. The third kappa shape index (κ3) is 15.6. The van der Waals surface area contributed by atoms with Gasteiger partial charge >= 0.3 is 0 Å². The normalized spacial score (nSPS) is 8.56. The molecular formula is C9H17N3O2S4. The van der Waals surface area contributed by atoms with E-state index in [0.717, 1.165) is 16.5 Å². The van der Waals surface area contributed by atoms with Gasteiger partial charge in [0, 0.05) is 29.6 Å². The summed E-state index contributed by atoms with van der Waals surface area (Å²) in [6.07, 6.45) is 1.80. The average Bonchev–Trinajstić information content (AvgIpc) is 2.68. The molecule has 1 aromatic rings. The zero-order chi connectivity index (χ0) is 13.1. The van der Waals surface area contributed by atoms with Crippen molar-refractivity contribution in [3.8, 4) is 0 Å². The second kappa shape index (κ2) is 13.1. The first-order chi connectivity index (χ1) is 8.02. The molecule has 9 heteroatoms. The van der Waals surface area contributed by atoms with Gasteiger partial charge in [0.2, 0.25) is 0 Å². The lowest BCUT2D eigenvalue weighted by Gasteiger charge is -1.99. The minimum absolute atomic E-state index is 0. The number of amides is 2. The van der Waals surface area contributed by atoms with Crippen LogP contribution in [0.2, 0.25) is 0 Å². The maximum absolute atomic E-state index is 10.4. The van der Waals surface area contributed by atoms with Crippen LogP contribution in [0.15, 0.2) is 11.6 Å². The number of carbonyl (C=O) groups is 2. The Kier molecular flexibility index (Phi) is 14.5. The Bertz CT molecular complexity index is 329. The van der Waals surface area contributed by atoms with Crippen molar-refractivity contribution in [2.24, 2.45) is 5.73 Å². The van der Waals surface area contributed by atoms with E-state index in [2.05, 4.69) is 41.3 Å². The fourth-order valence-corrected chi connectivity index (χ4v) is 2.39. The van der Waals surface area contributed by atoms with Crippen molar-refractivity contribution in [1.82, 2.24) is 10.3 Å². The highest BCUT2D eigenvalue weighted by Gasteiger charge is 1.96. The number of hydrogen-bond donors (Lipinski definition) is 4. The molecule has 0 aliphatic rings. The van der Waals surface area contributed by atoms with Crippen LogP contribution in [0.1, 0.15) is 12.4 Å². The summed E-state index contributed by atoms with van der Waals surface area (Å²) < 4.78 is 0. The lowest BCUT2D eigenvalue weighted by Crippen LogP contribution is -2.19. The first-order valence-corrected chi connectivity index (χ1v) is 7.36. The lowest BCUT2D eigenvalue weighted by atomic mass is 10.8. The summed E-state index contributed by atoms with van der Waals surface area (Å²) in [4.78, 5) is 23.6. The molecule has 0 bridgehead atoms. The predicted molar refractivity (Wildman–Crippen MR) is 86.0 cm³/mol. The number of carbonyl (C=O) groups excluding carboxylic acids is 2.